The van der Waals surface area contributed by atoms with Crippen LogP contribution in [0.15, 0.2) is 18.2 Å². The van der Waals surface area contributed by atoms with Gasteiger partial charge in [-0.25, -0.2) is 0 Å². The van der Waals surface area contributed by atoms with Crippen LogP contribution in [0.3, 0.4) is 0 Å². The average molecular weight is 265 g/mol. The fourth-order valence-corrected chi connectivity index (χ4v) is 2.00. The monoisotopic (exact) mass is 265 g/mol. The van der Waals surface area contributed by atoms with Crippen molar-refractivity contribution in [3.05, 3.63) is 29.3 Å². The highest BCUT2D eigenvalue weighted by atomic mass is 16.5. The number of hydrogen-bond acceptors (Lipinski definition) is 3. The van der Waals surface area contributed by atoms with Crippen LogP contribution in [-0.4, -0.2) is 24.2 Å². The Morgan fingerprint density at radius 2 is 2.21 bits per heavy atom. The number of hydrogen-bond donors (Lipinski definition) is 2. The highest BCUT2D eigenvalue weighted by Gasteiger charge is 2.16. The molecule has 0 saturated heterocycles. The summed E-state index contributed by atoms with van der Waals surface area (Å²) in [7, 11) is 1.62. The number of aliphatic carboxylic acids is 1. The maximum Gasteiger partial charge on any atom is 0.320 e. The molecule has 1 unspecified atom stereocenters. The lowest BCUT2D eigenvalue weighted by Crippen LogP contribution is -2.36. The summed E-state index contributed by atoms with van der Waals surface area (Å²) < 4.78 is 5.29. The Balaban J connectivity index is 2.67. The molecule has 0 saturated carbocycles. The Bertz CT molecular complexity index is 418. The molecule has 106 valence electrons. The summed E-state index contributed by atoms with van der Waals surface area (Å²) in [4.78, 5) is 11.2. The van der Waals surface area contributed by atoms with E-state index in [1.165, 1.54) is 0 Å². The minimum atomic E-state index is -0.792. The van der Waals surface area contributed by atoms with Crippen molar-refractivity contribution >= 4 is 5.97 Å². The van der Waals surface area contributed by atoms with Gasteiger partial charge >= 0.3 is 5.97 Å². The molecule has 0 heterocycles. The molecule has 4 nitrogen and oxygen atoms in total. The number of unbranched alkanes of at least 4 members (excludes halogenated alkanes) is 1. The van der Waals surface area contributed by atoms with Gasteiger partial charge in [-0.2, -0.15) is 0 Å². The van der Waals surface area contributed by atoms with E-state index in [2.05, 4.69) is 12.2 Å². The molecule has 1 atom stereocenters. The summed E-state index contributed by atoms with van der Waals surface area (Å²) in [5.74, 6) is -0.00204. The van der Waals surface area contributed by atoms with E-state index in [4.69, 9.17) is 9.84 Å². The Morgan fingerprint density at radius 3 is 2.79 bits per heavy atom. The molecular weight excluding hydrogens is 242 g/mol. The second kappa shape index (κ2) is 7.79. The van der Waals surface area contributed by atoms with E-state index in [9.17, 15) is 4.79 Å². The molecule has 1 rings (SSSR count). The lowest BCUT2D eigenvalue weighted by molar-refractivity contribution is -0.139. The maximum atomic E-state index is 11.2. The number of benzene rings is 1. The van der Waals surface area contributed by atoms with E-state index in [1.807, 2.05) is 25.1 Å². The van der Waals surface area contributed by atoms with Gasteiger partial charge in [0, 0.05) is 12.1 Å². The van der Waals surface area contributed by atoms with Crippen LogP contribution in [0, 0.1) is 6.92 Å². The van der Waals surface area contributed by atoms with Crippen LogP contribution in [0.2, 0.25) is 0 Å². The van der Waals surface area contributed by atoms with Crippen LogP contribution in [0.5, 0.6) is 5.75 Å². The van der Waals surface area contributed by atoms with Crippen molar-refractivity contribution < 1.29 is 14.6 Å². The van der Waals surface area contributed by atoms with E-state index in [-0.39, 0.29) is 0 Å². The van der Waals surface area contributed by atoms with Crippen LogP contribution in [0.4, 0.5) is 0 Å². The van der Waals surface area contributed by atoms with Crippen LogP contribution in [-0.2, 0) is 11.3 Å². The number of methoxy groups -OCH3 is 1. The van der Waals surface area contributed by atoms with Gasteiger partial charge in [0.05, 0.1) is 7.11 Å². The molecule has 0 aromatic heterocycles. The second-order valence-corrected chi connectivity index (χ2v) is 4.73. The fraction of sp³-hybridized carbons (Fsp3) is 0.533. The molecule has 0 fully saturated rings. The van der Waals surface area contributed by atoms with E-state index >= 15 is 0 Å². The van der Waals surface area contributed by atoms with E-state index in [0.29, 0.717) is 13.0 Å². The number of carbonyl (C=O) groups is 1. The molecule has 0 spiro atoms. The van der Waals surface area contributed by atoms with Gasteiger partial charge in [0.1, 0.15) is 11.8 Å². The predicted octanol–water partition coefficient (Wildman–Crippen LogP) is 2.74. The third-order valence-electron chi connectivity index (χ3n) is 3.12. The maximum absolute atomic E-state index is 11.2. The highest BCUT2D eigenvalue weighted by molar-refractivity contribution is 5.73. The van der Waals surface area contributed by atoms with Gasteiger partial charge in [-0.15, -0.1) is 0 Å². The summed E-state index contributed by atoms with van der Waals surface area (Å²) in [6, 6.07) is 5.41. The average Bonchev–Trinajstić information content (AvgIpc) is 2.38. The van der Waals surface area contributed by atoms with Crippen molar-refractivity contribution in [3.63, 3.8) is 0 Å². The first-order valence-electron chi connectivity index (χ1n) is 6.68. The predicted molar refractivity (Wildman–Crippen MR) is 75.5 cm³/mol. The van der Waals surface area contributed by atoms with Crippen molar-refractivity contribution in [2.75, 3.05) is 7.11 Å². The van der Waals surface area contributed by atoms with Crippen LogP contribution in [0.1, 0.15) is 37.3 Å². The standard InChI is InChI=1S/C15H23NO3/c1-4-5-6-13(15(17)18)16-10-12-9-11(2)7-8-14(12)19-3/h7-9,13,16H,4-6,10H2,1-3H3,(H,17,18). The first-order chi connectivity index (χ1) is 9.08. The largest absolute Gasteiger partial charge is 0.496 e. The molecule has 0 aliphatic rings. The third kappa shape index (κ3) is 4.91. The molecule has 19 heavy (non-hydrogen) atoms. The third-order valence-corrected chi connectivity index (χ3v) is 3.12. The molecule has 4 heteroatoms. The molecule has 0 bridgehead atoms. The molecule has 1 aromatic rings. The van der Waals surface area contributed by atoms with Gasteiger partial charge in [-0.05, 0) is 19.4 Å². The summed E-state index contributed by atoms with van der Waals surface area (Å²) in [5, 5.41) is 12.3. The topological polar surface area (TPSA) is 58.6 Å². The van der Waals surface area contributed by atoms with E-state index in [0.717, 1.165) is 29.7 Å². The zero-order valence-corrected chi connectivity index (χ0v) is 11.9. The molecule has 0 aliphatic heterocycles. The van der Waals surface area contributed by atoms with Crippen molar-refractivity contribution in [2.45, 2.75) is 45.7 Å². The van der Waals surface area contributed by atoms with Crippen molar-refractivity contribution in [3.8, 4) is 5.75 Å². The molecule has 0 radical (unpaired) electrons. The number of aryl methyl sites for hydroxylation is 1. The lowest BCUT2D eigenvalue weighted by atomic mass is 10.1. The first-order valence-corrected chi connectivity index (χ1v) is 6.68. The number of ether oxygens (including phenoxy) is 1. The number of nitrogens with one attached hydrogen (secondary N) is 1. The fourth-order valence-electron chi connectivity index (χ4n) is 2.00. The van der Waals surface area contributed by atoms with Crippen LogP contribution < -0.4 is 10.1 Å². The van der Waals surface area contributed by atoms with Gasteiger partial charge in [0.25, 0.3) is 0 Å². The SMILES string of the molecule is CCCCC(NCc1cc(C)ccc1OC)C(=O)O. The van der Waals surface area contributed by atoms with Gasteiger partial charge in [0.15, 0.2) is 0 Å². The molecule has 1 aromatic carbocycles. The second-order valence-electron chi connectivity index (χ2n) is 4.73. The smallest absolute Gasteiger partial charge is 0.320 e. The quantitative estimate of drug-likeness (QED) is 0.759. The van der Waals surface area contributed by atoms with Gasteiger partial charge in [-0.3, -0.25) is 4.79 Å². The lowest BCUT2D eigenvalue weighted by Gasteiger charge is -2.16. The highest BCUT2D eigenvalue weighted by Crippen LogP contribution is 2.19. The minimum absolute atomic E-state index is 0.495. The zero-order chi connectivity index (χ0) is 14.3. The van der Waals surface area contributed by atoms with Gasteiger partial charge in [-0.1, -0.05) is 37.5 Å². The molecule has 0 amide bonds. The Labute approximate surface area is 114 Å². The molecule has 2 N–H and O–H groups in total. The molecule has 0 aliphatic carbocycles. The summed E-state index contributed by atoms with van der Waals surface area (Å²) in [5.41, 5.74) is 2.13. The van der Waals surface area contributed by atoms with Crippen LogP contribution >= 0.6 is 0 Å². The van der Waals surface area contributed by atoms with Crippen LogP contribution in [0.25, 0.3) is 0 Å². The minimum Gasteiger partial charge on any atom is -0.496 e. The van der Waals surface area contributed by atoms with Crippen molar-refractivity contribution in [1.29, 1.82) is 0 Å². The Hall–Kier alpha value is -1.55. The number of carboxylic acid groups (broad SMARTS) is 1. The Morgan fingerprint density at radius 1 is 1.47 bits per heavy atom. The normalized spacial score (nSPS) is 12.2. The van der Waals surface area contributed by atoms with Crippen molar-refractivity contribution in [2.24, 2.45) is 0 Å². The first kappa shape index (κ1) is 15.5. The number of rotatable bonds is 8. The van der Waals surface area contributed by atoms with Gasteiger partial charge < -0.3 is 15.2 Å². The summed E-state index contributed by atoms with van der Waals surface area (Å²) >= 11 is 0. The van der Waals surface area contributed by atoms with E-state index in [1.54, 1.807) is 7.11 Å². The van der Waals surface area contributed by atoms with Gasteiger partial charge in [0.2, 0.25) is 0 Å². The van der Waals surface area contributed by atoms with E-state index < -0.39 is 12.0 Å². The van der Waals surface area contributed by atoms with Crippen molar-refractivity contribution in [1.82, 2.24) is 5.32 Å². The summed E-state index contributed by atoms with van der Waals surface area (Å²) in [6.45, 7) is 4.57. The zero-order valence-electron chi connectivity index (χ0n) is 11.9. The summed E-state index contributed by atoms with van der Waals surface area (Å²) in [6.07, 6.45) is 2.56. The molecular formula is C15H23NO3. The number of carboxylic acids is 1. The Kier molecular flexibility index (Phi) is 6.36.